The van der Waals surface area contributed by atoms with Crippen LogP contribution in [-0.4, -0.2) is 25.6 Å². The Morgan fingerprint density at radius 2 is 2.30 bits per heavy atom. The maximum absolute atomic E-state index is 11.7. The number of nitrogens with one attached hydrogen (secondary N) is 3. The Kier molecular flexibility index (Phi) is 3.42. The lowest BCUT2D eigenvalue weighted by Crippen LogP contribution is -2.28. The maximum Gasteiger partial charge on any atom is 0.321 e. The maximum atomic E-state index is 11.7. The highest BCUT2D eigenvalue weighted by Gasteiger charge is 2.27. The zero-order valence-electron chi connectivity index (χ0n) is 10.4. The molecule has 0 saturated heterocycles. The molecule has 0 spiro atoms. The molecule has 104 valence electrons. The smallest absolute Gasteiger partial charge is 0.321 e. The second-order valence-electron chi connectivity index (χ2n) is 4.45. The summed E-state index contributed by atoms with van der Waals surface area (Å²) < 4.78 is 4.20. The zero-order valence-corrected chi connectivity index (χ0v) is 11.2. The Labute approximate surface area is 117 Å². The van der Waals surface area contributed by atoms with Crippen molar-refractivity contribution in [3.8, 4) is 0 Å². The average molecular weight is 292 g/mol. The SMILES string of the molecule is O=C(NCc1ccc(=O)[nH]n1)Nc1nc(C2CC2)ns1. The minimum atomic E-state index is -0.378. The average Bonchev–Trinajstić information content (AvgIpc) is 3.19. The summed E-state index contributed by atoms with van der Waals surface area (Å²) in [6.07, 6.45) is 2.25. The van der Waals surface area contributed by atoms with Gasteiger partial charge in [-0.3, -0.25) is 10.1 Å². The zero-order chi connectivity index (χ0) is 13.9. The van der Waals surface area contributed by atoms with Gasteiger partial charge in [-0.1, -0.05) is 0 Å². The number of aromatic amines is 1. The molecule has 1 aliphatic rings. The quantitative estimate of drug-likeness (QED) is 0.772. The highest BCUT2D eigenvalue weighted by Crippen LogP contribution is 2.39. The highest BCUT2D eigenvalue weighted by atomic mass is 32.1. The number of hydrogen-bond acceptors (Lipinski definition) is 6. The van der Waals surface area contributed by atoms with E-state index in [0.717, 1.165) is 18.7 Å². The van der Waals surface area contributed by atoms with Crippen LogP contribution in [0.1, 0.15) is 30.3 Å². The van der Waals surface area contributed by atoms with Crippen LogP contribution < -0.4 is 16.2 Å². The van der Waals surface area contributed by atoms with Gasteiger partial charge in [0, 0.05) is 23.5 Å². The number of amides is 2. The van der Waals surface area contributed by atoms with Crippen molar-refractivity contribution in [2.75, 3.05) is 5.32 Å². The summed E-state index contributed by atoms with van der Waals surface area (Å²) in [5.41, 5.74) is 0.287. The summed E-state index contributed by atoms with van der Waals surface area (Å²) in [4.78, 5) is 26.7. The van der Waals surface area contributed by atoms with Crippen molar-refractivity contribution in [1.82, 2.24) is 24.9 Å². The van der Waals surface area contributed by atoms with E-state index in [1.807, 2.05) is 0 Å². The molecule has 20 heavy (non-hydrogen) atoms. The fourth-order valence-corrected chi connectivity index (χ4v) is 2.22. The molecule has 1 saturated carbocycles. The summed E-state index contributed by atoms with van der Waals surface area (Å²) in [5, 5.41) is 11.8. The number of aromatic nitrogens is 4. The number of nitrogens with zero attached hydrogens (tertiary/aromatic N) is 3. The van der Waals surface area contributed by atoms with Crippen molar-refractivity contribution >= 4 is 22.7 Å². The van der Waals surface area contributed by atoms with Gasteiger partial charge in [-0.2, -0.15) is 9.47 Å². The van der Waals surface area contributed by atoms with E-state index in [-0.39, 0.29) is 18.1 Å². The third-order valence-corrected chi connectivity index (χ3v) is 3.42. The van der Waals surface area contributed by atoms with Gasteiger partial charge in [0.25, 0.3) is 5.56 Å². The van der Waals surface area contributed by atoms with Crippen LogP contribution in [0.3, 0.4) is 0 Å². The first-order valence-corrected chi connectivity index (χ1v) is 6.91. The van der Waals surface area contributed by atoms with Gasteiger partial charge in [0.2, 0.25) is 5.13 Å². The molecular weight excluding hydrogens is 280 g/mol. The Bertz CT molecular complexity index is 657. The lowest BCUT2D eigenvalue weighted by Gasteiger charge is -2.03. The van der Waals surface area contributed by atoms with Gasteiger partial charge < -0.3 is 5.32 Å². The number of rotatable bonds is 4. The summed E-state index contributed by atoms with van der Waals surface area (Å²) in [7, 11) is 0. The molecule has 0 aromatic carbocycles. The first kappa shape index (κ1) is 12.7. The lowest BCUT2D eigenvalue weighted by atomic mass is 10.4. The summed E-state index contributed by atoms with van der Waals surface area (Å²) >= 11 is 1.17. The van der Waals surface area contributed by atoms with Crippen LogP contribution in [0.5, 0.6) is 0 Å². The molecule has 1 fully saturated rings. The van der Waals surface area contributed by atoms with E-state index < -0.39 is 0 Å². The minimum absolute atomic E-state index is 0.219. The topological polar surface area (TPSA) is 113 Å². The third-order valence-electron chi connectivity index (χ3n) is 2.77. The fraction of sp³-hybridized carbons (Fsp3) is 0.364. The van der Waals surface area contributed by atoms with Gasteiger partial charge in [0.1, 0.15) is 5.82 Å². The fourth-order valence-electron chi connectivity index (χ4n) is 1.58. The predicted molar refractivity (Wildman–Crippen MR) is 72.6 cm³/mol. The lowest BCUT2D eigenvalue weighted by molar-refractivity contribution is 0.251. The number of carbonyl (C=O) groups excluding carboxylic acids is 1. The second kappa shape index (κ2) is 5.37. The largest absolute Gasteiger partial charge is 0.332 e. The van der Waals surface area contributed by atoms with Crippen LogP contribution in [0.4, 0.5) is 9.93 Å². The van der Waals surface area contributed by atoms with Crippen molar-refractivity contribution in [3.05, 3.63) is 34.0 Å². The van der Waals surface area contributed by atoms with E-state index >= 15 is 0 Å². The van der Waals surface area contributed by atoms with E-state index in [4.69, 9.17) is 0 Å². The molecule has 0 aliphatic heterocycles. The molecule has 0 radical (unpaired) electrons. The van der Waals surface area contributed by atoms with Gasteiger partial charge in [-0.15, -0.1) is 0 Å². The van der Waals surface area contributed by atoms with Crippen LogP contribution in [0, 0.1) is 0 Å². The van der Waals surface area contributed by atoms with E-state index in [9.17, 15) is 9.59 Å². The van der Waals surface area contributed by atoms with Crippen molar-refractivity contribution < 1.29 is 4.79 Å². The molecule has 3 N–H and O–H groups in total. The molecule has 1 aliphatic carbocycles. The number of carbonyl (C=O) groups is 1. The van der Waals surface area contributed by atoms with Crippen LogP contribution in [0.25, 0.3) is 0 Å². The first-order chi connectivity index (χ1) is 9.70. The van der Waals surface area contributed by atoms with Crippen LogP contribution >= 0.6 is 11.5 Å². The van der Waals surface area contributed by atoms with E-state index in [1.165, 1.54) is 17.6 Å². The monoisotopic (exact) mass is 292 g/mol. The molecule has 2 amide bonds. The number of urea groups is 1. The number of H-pyrrole nitrogens is 1. The van der Waals surface area contributed by atoms with Crippen LogP contribution in [0.15, 0.2) is 16.9 Å². The van der Waals surface area contributed by atoms with Gasteiger partial charge in [-0.25, -0.2) is 14.9 Å². The Morgan fingerprint density at radius 1 is 1.45 bits per heavy atom. The molecule has 0 bridgehead atoms. The standard InChI is InChI=1S/C11H12N6O2S/c18-8-4-3-7(15-16-8)5-12-10(19)14-11-13-9(17-20-11)6-1-2-6/h3-4,6H,1-2,5H2,(H,16,18)(H2,12,13,14,17,19). The van der Waals surface area contributed by atoms with Gasteiger partial charge in [0.15, 0.2) is 0 Å². The molecule has 2 aromatic rings. The highest BCUT2D eigenvalue weighted by molar-refractivity contribution is 7.09. The number of anilines is 1. The van der Waals surface area contributed by atoms with Crippen molar-refractivity contribution in [2.45, 2.75) is 25.3 Å². The Hall–Kier alpha value is -2.29. The summed E-state index contributed by atoms with van der Waals surface area (Å²) in [6, 6.07) is 2.53. The van der Waals surface area contributed by atoms with E-state index in [1.54, 1.807) is 6.07 Å². The third kappa shape index (κ3) is 3.18. The van der Waals surface area contributed by atoms with Crippen molar-refractivity contribution in [2.24, 2.45) is 0 Å². The first-order valence-electron chi connectivity index (χ1n) is 6.14. The molecule has 0 unspecified atom stereocenters. The molecular formula is C11H12N6O2S. The van der Waals surface area contributed by atoms with E-state index in [2.05, 4.69) is 30.2 Å². The normalized spacial score (nSPS) is 14.0. The Balaban J connectivity index is 1.51. The van der Waals surface area contributed by atoms with Gasteiger partial charge in [-0.05, 0) is 18.9 Å². The van der Waals surface area contributed by atoms with Crippen molar-refractivity contribution in [3.63, 3.8) is 0 Å². The molecule has 3 rings (SSSR count). The van der Waals surface area contributed by atoms with Crippen LogP contribution in [-0.2, 0) is 6.54 Å². The molecule has 8 nitrogen and oxygen atoms in total. The molecule has 2 heterocycles. The number of hydrogen-bond donors (Lipinski definition) is 3. The second-order valence-corrected chi connectivity index (χ2v) is 5.20. The summed E-state index contributed by atoms with van der Waals surface area (Å²) in [6.45, 7) is 0.219. The Morgan fingerprint density at radius 3 is 3.00 bits per heavy atom. The molecule has 2 aromatic heterocycles. The van der Waals surface area contributed by atoms with Gasteiger partial charge >= 0.3 is 6.03 Å². The minimum Gasteiger partial charge on any atom is -0.332 e. The van der Waals surface area contributed by atoms with Crippen LogP contribution in [0.2, 0.25) is 0 Å². The molecule has 9 heteroatoms. The van der Waals surface area contributed by atoms with Crippen molar-refractivity contribution in [1.29, 1.82) is 0 Å². The summed E-state index contributed by atoms with van der Waals surface area (Å²) in [5.74, 6) is 1.28. The molecule has 0 atom stereocenters. The predicted octanol–water partition coefficient (Wildman–Crippen LogP) is 0.820. The van der Waals surface area contributed by atoms with Gasteiger partial charge in [0.05, 0.1) is 12.2 Å². The van der Waals surface area contributed by atoms with E-state index in [0.29, 0.717) is 16.7 Å².